The van der Waals surface area contributed by atoms with E-state index in [2.05, 4.69) is 0 Å². The second kappa shape index (κ2) is 7.89. The molecule has 1 amide bonds. The fraction of sp³-hybridized carbons (Fsp3) is 0.500. The van der Waals surface area contributed by atoms with Crippen molar-refractivity contribution in [2.45, 2.75) is 51.5 Å². The van der Waals surface area contributed by atoms with Crippen LogP contribution in [-0.4, -0.2) is 43.1 Å². The molecule has 0 radical (unpaired) electrons. The highest BCUT2D eigenvalue weighted by Gasteiger charge is 2.35. The summed E-state index contributed by atoms with van der Waals surface area (Å²) in [7, 11) is 1.32. The molecular formula is C22H25NO6. The van der Waals surface area contributed by atoms with Crippen LogP contribution in [0.2, 0.25) is 0 Å². The molecule has 1 saturated heterocycles. The summed E-state index contributed by atoms with van der Waals surface area (Å²) in [6, 6.07) is 3.18. The van der Waals surface area contributed by atoms with Gasteiger partial charge in [-0.05, 0) is 63.1 Å². The maximum Gasteiger partial charge on any atom is 0.339 e. The van der Waals surface area contributed by atoms with Gasteiger partial charge in [-0.15, -0.1) is 0 Å². The highest BCUT2D eigenvalue weighted by Crippen LogP contribution is 2.32. The maximum absolute atomic E-state index is 12.6. The van der Waals surface area contributed by atoms with Crippen LogP contribution in [0.25, 0.3) is 11.0 Å². The summed E-state index contributed by atoms with van der Waals surface area (Å²) in [5, 5.41) is 0.945. The Morgan fingerprint density at radius 3 is 2.69 bits per heavy atom. The first-order chi connectivity index (χ1) is 14.0. The van der Waals surface area contributed by atoms with Gasteiger partial charge in [0.1, 0.15) is 17.4 Å². The van der Waals surface area contributed by atoms with E-state index in [4.69, 9.17) is 13.9 Å². The van der Waals surface area contributed by atoms with E-state index in [0.29, 0.717) is 29.9 Å². The summed E-state index contributed by atoms with van der Waals surface area (Å²) < 4.78 is 16.2. The Bertz CT molecular complexity index is 1020. The molecule has 1 atom stereocenters. The van der Waals surface area contributed by atoms with Gasteiger partial charge in [-0.3, -0.25) is 4.79 Å². The minimum Gasteiger partial charge on any atom is -0.483 e. The van der Waals surface area contributed by atoms with Crippen molar-refractivity contribution in [1.29, 1.82) is 0 Å². The minimum absolute atomic E-state index is 0.186. The van der Waals surface area contributed by atoms with Crippen LogP contribution in [0.5, 0.6) is 5.75 Å². The molecule has 1 aromatic heterocycles. The SMILES string of the molecule is COC(=O)[C@H]1CCCN1C(=O)COc1ccc2c3c(c(=O)oc2c1C)CCCC3. The quantitative estimate of drug-likeness (QED) is 0.580. The Morgan fingerprint density at radius 2 is 1.93 bits per heavy atom. The van der Waals surface area contributed by atoms with Gasteiger partial charge >= 0.3 is 11.6 Å². The minimum atomic E-state index is -0.543. The van der Waals surface area contributed by atoms with Crippen LogP contribution in [0.4, 0.5) is 0 Å². The number of likely N-dealkylation sites (tertiary alicyclic amines) is 1. The predicted molar refractivity (Wildman–Crippen MR) is 106 cm³/mol. The smallest absolute Gasteiger partial charge is 0.339 e. The van der Waals surface area contributed by atoms with Crippen LogP contribution < -0.4 is 10.4 Å². The largest absolute Gasteiger partial charge is 0.483 e. The molecule has 29 heavy (non-hydrogen) atoms. The van der Waals surface area contributed by atoms with Crippen LogP contribution >= 0.6 is 0 Å². The van der Waals surface area contributed by atoms with Gasteiger partial charge in [0.2, 0.25) is 0 Å². The molecule has 1 fully saturated rings. The number of amides is 1. The zero-order chi connectivity index (χ0) is 20.5. The lowest BCUT2D eigenvalue weighted by molar-refractivity contribution is -0.151. The number of aryl methyl sites for hydroxylation is 2. The molecule has 2 aliphatic rings. The molecule has 1 aromatic carbocycles. The van der Waals surface area contributed by atoms with Gasteiger partial charge in [-0.25, -0.2) is 9.59 Å². The molecule has 0 saturated carbocycles. The van der Waals surface area contributed by atoms with Crippen molar-refractivity contribution in [3.63, 3.8) is 0 Å². The second-order valence-electron chi connectivity index (χ2n) is 7.68. The fourth-order valence-electron chi connectivity index (χ4n) is 4.45. The van der Waals surface area contributed by atoms with Crippen molar-refractivity contribution in [1.82, 2.24) is 4.90 Å². The summed E-state index contributed by atoms with van der Waals surface area (Å²) in [4.78, 5) is 38.4. The monoisotopic (exact) mass is 399 g/mol. The average Bonchev–Trinajstić information content (AvgIpc) is 3.23. The Balaban J connectivity index is 1.56. The van der Waals surface area contributed by atoms with E-state index >= 15 is 0 Å². The third kappa shape index (κ3) is 3.50. The summed E-state index contributed by atoms with van der Waals surface area (Å²) in [5.41, 5.74) is 2.81. The summed E-state index contributed by atoms with van der Waals surface area (Å²) in [6.07, 6.45) is 5.07. The molecule has 4 rings (SSSR count). The number of nitrogens with zero attached hydrogens (tertiary/aromatic N) is 1. The molecule has 7 nitrogen and oxygen atoms in total. The molecule has 2 heterocycles. The van der Waals surface area contributed by atoms with Crippen LogP contribution in [0.1, 0.15) is 42.4 Å². The number of rotatable bonds is 4. The molecule has 1 aliphatic heterocycles. The van der Waals surface area contributed by atoms with Gasteiger partial charge in [-0.2, -0.15) is 0 Å². The number of ether oxygens (including phenoxy) is 2. The average molecular weight is 399 g/mol. The second-order valence-corrected chi connectivity index (χ2v) is 7.68. The topological polar surface area (TPSA) is 86.0 Å². The van der Waals surface area contributed by atoms with Gasteiger partial charge in [0.15, 0.2) is 6.61 Å². The molecule has 0 N–H and O–H groups in total. The molecular weight excluding hydrogens is 374 g/mol. The van der Waals surface area contributed by atoms with Crippen LogP contribution in [0.15, 0.2) is 21.3 Å². The molecule has 7 heteroatoms. The van der Waals surface area contributed by atoms with Crippen LogP contribution in [-0.2, 0) is 27.2 Å². The number of esters is 1. The summed E-state index contributed by atoms with van der Waals surface area (Å²) in [6.45, 7) is 2.15. The number of benzene rings is 1. The van der Waals surface area contributed by atoms with Crippen LogP contribution in [0, 0.1) is 6.92 Å². The number of fused-ring (bicyclic) bond motifs is 3. The molecule has 0 bridgehead atoms. The van der Waals surface area contributed by atoms with E-state index in [1.807, 2.05) is 19.1 Å². The number of carbonyl (C=O) groups is 2. The predicted octanol–water partition coefficient (Wildman–Crippen LogP) is 2.52. The third-order valence-electron chi connectivity index (χ3n) is 5.99. The molecule has 2 aromatic rings. The molecule has 1 aliphatic carbocycles. The summed E-state index contributed by atoms with van der Waals surface area (Å²) >= 11 is 0. The molecule has 154 valence electrons. The highest BCUT2D eigenvalue weighted by molar-refractivity contribution is 5.87. The Kier molecular flexibility index (Phi) is 5.30. The van der Waals surface area contributed by atoms with Crippen molar-refractivity contribution >= 4 is 22.8 Å². The standard InChI is InChI=1S/C22H25NO6/c1-13-18(28-12-19(24)23-11-5-8-17(23)22(26)27-2)10-9-15-14-6-3-4-7-16(14)21(25)29-20(13)15/h9-10,17H,3-8,11-12H2,1-2H3/t17-/m1/s1. The lowest BCUT2D eigenvalue weighted by atomic mass is 9.90. The van der Waals surface area contributed by atoms with Gasteiger partial charge in [0.25, 0.3) is 5.91 Å². The van der Waals surface area contributed by atoms with E-state index in [-0.39, 0.29) is 18.1 Å². The van der Waals surface area contributed by atoms with E-state index in [1.165, 1.54) is 12.0 Å². The lowest BCUT2D eigenvalue weighted by Crippen LogP contribution is -2.43. The first kappa shape index (κ1) is 19.5. The fourth-order valence-corrected chi connectivity index (χ4v) is 4.45. The van der Waals surface area contributed by atoms with E-state index in [9.17, 15) is 14.4 Å². The zero-order valence-corrected chi connectivity index (χ0v) is 16.8. The van der Waals surface area contributed by atoms with Gasteiger partial charge in [0.05, 0.1) is 7.11 Å². The summed E-state index contributed by atoms with van der Waals surface area (Å²) in [5.74, 6) is -0.160. The van der Waals surface area contributed by atoms with E-state index in [0.717, 1.165) is 48.6 Å². The normalized spacial score (nSPS) is 18.6. The van der Waals surface area contributed by atoms with Gasteiger partial charge in [0, 0.05) is 23.1 Å². The number of hydrogen-bond donors (Lipinski definition) is 0. The zero-order valence-electron chi connectivity index (χ0n) is 16.8. The Hall–Kier alpha value is -2.83. The van der Waals surface area contributed by atoms with Gasteiger partial charge in [-0.1, -0.05) is 0 Å². The van der Waals surface area contributed by atoms with Crippen molar-refractivity contribution in [2.75, 3.05) is 20.3 Å². The number of hydrogen-bond acceptors (Lipinski definition) is 6. The first-order valence-electron chi connectivity index (χ1n) is 10.1. The maximum atomic E-state index is 12.6. The van der Waals surface area contributed by atoms with Crippen molar-refractivity contribution in [3.05, 3.63) is 39.2 Å². The lowest BCUT2D eigenvalue weighted by Gasteiger charge is -2.23. The van der Waals surface area contributed by atoms with Crippen molar-refractivity contribution in [3.8, 4) is 5.75 Å². The van der Waals surface area contributed by atoms with E-state index in [1.54, 1.807) is 0 Å². The number of methoxy groups -OCH3 is 1. The third-order valence-corrected chi connectivity index (χ3v) is 5.99. The first-order valence-corrected chi connectivity index (χ1v) is 10.1. The number of carbonyl (C=O) groups excluding carboxylic acids is 2. The van der Waals surface area contributed by atoms with Gasteiger partial charge < -0.3 is 18.8 Å². The molecule has 0 spiro atoms. The van der Waals surface area contributed by atoms with Crippen molar-refractivity contribution < 1.29 is 23.5 Å². The van der Waals surface area contributed by atoms with Crippen molar-refractivity contribution in [2.24, 2.45) is 0 Å². The Labute approximate surface area is 168 Å². The Morgan fingerprint density at radius 1 is 1.17 bits per heavy atom. The van der Waals surface area contributed by atoms with Crippen LogP contribution in [0.3, 0.4) is 0 Å². The van der Waals surface area contributed by atoms with E-state index < -0.39 is 12.0 Å². The molecule has 0 unspecified atom stereocenters. The highest BCUT2D eigenvalue weighted by atomic mass is 16.5.